The number of nitrogens with one attached hydrogen (secondary N) is 4. The van der Waals surface area contributed by atoms with Crippen molar-refractivity contribution < 1.29 is 9.59 Å². The molecule has 0 spiro atoms. The van der Waals surface area contributed by atoms with Crippen LogP contribution in [0.5, 0.6) is 0 Å². The Kier molecular flexibility index (Phi) is 5.33. The van der Waals surface area contributed by atoms with Gasteiger partial charge in [-0.1, -0.05) is 24.3 Å². The van der Waals surface area contributed by atoms with Gasteiger partial charge in [0.05, 0.1) is 18.6 Å². The number of carbonyl (C=O) groups is 2. The highest BCUT2D eigenvalue weighted by molar-refractivity contribution is 6.04. The van der Waals surface area contributed by atoms with E-state index in [0.717, 1.165) is 22.2 Å². The molecule has 0 atom stereocenters. The lowest BCUT2D eigenvalue weighted by molar-refractivity contribution is 0.0912. The van der Waals surface area contributed by atoms with E-state index in [1.165, 1.54) is 6.33 Å². The summed E-state index contributed by atoms with van der Waals surface area (Å²) in [4.78, 5) is 39.0. The van der Waals surface area contributed by atoms with Crippen LogP contribution in [0.25, 0.3) is 10.9 Å². The Morgan fingerprint density at radius 2 is 1.79 bits per heavy atom. The Morgan fingerprint density at radius 1 is 0.931 bits per heavy atom. The first kappa shape index (κ1) is 18.4. The van der Waals surface area contributed by atoms with Crippen LogP contribution in [0.2, 0.25) is 0 Å². The highest BCUT2D eigenvalue weighted by Gasteiger charge is 2.20. The monoisotopic (exact) mass is 388 g/mol. The Hall–Kier alpha value is -3.94. The third-order valence-corrected chi connectivity index (χ3v) is 4.59. The maximum Gasteiger partial charge on any atom is 0.272 e. The highest BCUT2D eigenvalue weighted by atomic mass is 16.2. The van der Waals surface area contributed by atoms with Crippen molar-refractivity contribution in [1.82, 2.24) is 30.6 Å². The second kappa shape index (κ2) is 8.39. The number of aromatic amines is 2. The molecule has 29 heavy (non-hydrogen) atoms. The second-order valence-corrected chi connectivity index (χ2v) is 6.50. The Balaban J connectivity index is 1.34. The molecule has 4 aromatic rings. The van der Waals surface area contributed by atoms with Crippen molar-refractivity contribution in [2.75, 3.05) is 6.54 Å². The van der Waals surface area contributed by atoms with E-state index in [0.29, 0.717) is 13.0 Å². The van der Waals surface area contributed by atoms with Crippen LogP contribution in [0.1, 0.15) is 32.2 Å². The van der Waals surface area contributed by atoms with Crippen LogP contribution < -0.4 is 10.6 Å². The minimum absolute atomic E-state index is 0.0717. The van der Waals surface area contributed by atoms with Gasteiger partial charge in [-0.2, -0.15) is 0 Å². The summed E-state index contributed by atoms with van der Waals surface area (Å²) in [5.41, 5.74) is 3.11. The molecule has 0 aliphatic heterocycles. The summed E-state index contributed by atoms with van der Waals surface area (Å²) in [5.74, 6) is -0.802. The van der Waals surface area contributed by atoms with Crippen molar-refractivity contribution in [3.63, 3.8) is 0 Å². The number of para-hydroxylation sites is 1. The predicted octanol–water partition coefficient (Wildman–Crippen LogP) is 2.19. The van der Waals surface area contributed by atoms with E-state index in [-0.39, 0.29) is 17.9 Å². The number of hydrogen-bond donors (Lipinski definition) is 4. The minimum Gasteiger partial charge on any atom is -0.361 e. The number of hydrogen-bond acceptors (Lipinski definition) is 4. The molecule has 4 rings (SSSR count). The lowest BCUT2D eigenvalue weighted by Crippen LogP contribution is -2.30. The van der Waals surface area contributed by atoms with Gasteiger partial charge in [0.15, 0.2) is 5.69 Å². The van der Waals surface area contributed by atoms with Gasteiger partial charge < -0.3 is 20.6 Å². The van der Waals surface area contributed by atoms with Gasteiger partial charge in [0, 0.05) is 29.8 Å². The molecule has 146 valence electrons. The molecule has 0 fully saturated rings. The molecule has 0 unspecified atom stereocenters. The smallest absolute Gasteiger partial charge is 0.272 e. The third-order valence-electron chi connectivity index (χ3n) is 4.59. The SMILES string of the molecule is O=C(NCCc1c[nH]c2ccccc12)c1nc[nH]c1C(=O)NCc1ccccn1. The topological polar surface area (TPSA) is 116 Å². The molecule has 3 heterocycles. The first-order valence-electron chi connectivity index (χ1n) is 9.27. The normalized spacial score (nSPS) is 10.8. The molecule has 0 aliphatic carbocycles. The van der Waals surface area contributed by atoms with E-state index >= 15 is 0 Å². The van der Waals surface area contributed by atoms with Gasteiger partial charge in [-0.15, -0.1) is 0 Å². The number of aromatic nitrogens is 4. The van der Waals surface area contributed by atoms with Crippen LogP contribution >= 0.6 is 0 Å². The standard InChI is InChI=1S/C21H20N6O2/c28-20(23-10-8-14-11-24-17-7-2-1-6-16(14)17)18-19(27-13-26-18)21(29)25-12-15-5-3-4-9-22-15/h1-7,9,11,13,24H,8,10,12H2,(H,23,28)(H,25,29)(H,26,27). The molecule has 0 radical (unpaired) electrons. The fourth-order valence-corrected chi connectivity index (χ4v) is 3.13. The lowest BCUT2D eigenvalue weighted by atomic mass is 10.1. The number of benzene rings is 1. The van der Waals surface area contributed by atoms with Crippen molar-refractivity contribution in [1.29, 1.82) is 0 Å². The molecule has 1 aromatic carbocycles. The van der Waals surface area contributed by atoms with Gasteiger partial charge in [-0.3, -0.25) is 14.6 Å². The zero-order valence-corrected chi connectivity index (χ0v) is 15.6. The summed E-state index contributed by atoms with van der Waals surface area (Å²) >= 11 is 0. The van der Waals surface area contributed by atoms with Crippen molar-refractivity contribution in [2.24, 2.45) is 0 Å². The van der Waals surface area contributed by atoms with Crippen LogP contribution in [0.4, 0.5) is 0 Å². The molecular weight excluding hydrogens is 368 g/mol. The van der Waals surface area contributed by atoms with Gasteiger partial charge in [0.1, 0.15) is 5.69 Å². The summed E-state index contributed by atoms with van der Waals surface area (Å²) in [7, 11) is 0. The molecule has 0 aliphatic rings. The van der Waals surface area contributed by atoms with E-state index in [1.54, 1.807) is 12.3 Å². The number of imidazole rings is 1. The van der Waals surface area contributed by atoms with Crippen LogP contribution in [0.15, 0.2) is 61.2 Å². The molecule has 0 saturated heterocycles. The summed E-state index contributed by atoms with van der Waals surface area (Å²) in [5, 5.41) is 6.70. The summed E-state index contributed by atoms with van der Waals surface area (Å²) < 4.78 is 0. The highest BCUT2D eigenvalue weighted by Crippen LogP contribution is 2.17. The minimum atomic E-state index is -0.407. The maximum atomic E-state index is 12.5. The number of H-pyrrole nitrogens is 2. The number of nitrogens with zero attached hydrogens (tertiary/aromatic N) is 2. The third kappa shape index (κ3) is 4.16. The molecule has 0 bridgehead atoms. The number of fused-ring (bicyclic) bond motifs is 1. The fourth-order valence-electron chi connectivity index (χ4n) is 3.13. The summed E-state index contributed by atoms with van der Waals surface area (Å²) in [6.07, 6.45) is 5.61. The first-order valence-corrected chi connectivity index (χ1v) is 9.27. The Labute approximate surface area is 166 Å². The first-order chi connectivity index (χ1) is 14.2. The maximum absolute atomic E-state index is 12.5. The summed E-state index contributed by atoms with van der Waals surface area (Å²) in [6.45, 7) is 0.697. The average molecular weight is 388 g/mol. The van der Waals surface area contributed by atoms with Gasteiger partial charge in [-0.25, -0.2) is 4.98 Å². The van der Waals surface area contributed by atoms with E-state index in [4.69, 9.17) is 0 Å². The predicted molar refractivity (Wildman–Crippen MR) is 108 cm³/mol. The van der Waals surface area contributed by atoms with E-state index in [9.17, 15) is 9.59 Å². The van der Waals surface area contributed by atoms with E-state index in [1.807, 2.05) is 42.6 Å². The van der Waals surface area contributed by atoms with Gasteiger partial charge in [0.2, 0.25) is 0 Å². The van der Waals surface area contributed by atoms with Crippen molar-refractivity contribution in [2.45, 2.75) is 13.0 Å². The van der Waals surface area contributed by atoms with Gasteiger partial charge in [-0.05, 0) is 30.2 Å². The number of rotatable bonds is 7. The van der Waals surface area contributed by atoms with Crippen molar-refractivity contribution in [3.05, 3.63) is 83.8 Å². The molecular formula is C21H20N6O2. The number of carbonyl (C=O) groups excluding carboxylic acids is 2. The van der Waals surface area contributed by atoms with Gasteiger partial charge >= 0.3 is 0 Å². The number of pyridine rings is 1. The van der Waals surface area contributed by atoms with E-state index in [2.05, 4.69) is 30.6 Å². The van der Waals surface area contributed by atoms with Gasteiger partial charge in [0.25, 0.3) is 11.8 Å². The van der Waals surface area contributed by atoms with Crippen molar-refractivity contribution in [3.8, 4) is 0 Å². The lowest BCUT2D eigenvalue weighted by Gasteiger charge is -2.06. The molecule has 4 N–H and O–H groups in total. The molecule has 3 aromatic heterocycles. The van der Waals surface area contributed by atoms with Crippen LogP contribution in [-0.4, -0.2) is 38.3 Å². The Morgan fingerprint density at radius 3 is 2.66 bits per heavy atom. The van der Waals surface area contributed by atoms with Crippen LogP contribution in [0, 0.1) is 0 Å². The summed E-state index contributed by atoms with van der Waals surface area (Å²) in [6, 6.07) is 13.5. The van der Waals surface area contributed by atoms with Crippen molar-refractivity contribution >= 4 is 22.7 Å². The quantitative estimate of drug-likeness (QED) is 0.388. The molecule has 2 amide bonds. The zero-order valence-electron chi connectivity index (χ0n) is 15.6. The van der Waals surface area contributed by atoms with Crippen LogP contribution in [-0.2, 0) is 13.0 Å². The average Bonchev–Trinajstić information content (AvgIpc) is 3.40. The fraction of sp³-hybridized carbons (Fsp3) is 0.143. The largest absolute Gasteiger partial charge is 0.361 e. The second-order valence-electron chi connectivity index (χ2n) is 6.50. The van der Waals surface area contributed by atoms with E-state index < -0.39 is 11.8 Å². The molecule has 0 saturated carbocycles. The zero-order chi connectivity index (χ0) is 20.1. The van der Waals surface area contributed by atoms with Crippen LogP contribution in [0.3, 0.4) is 0 Å². The molecule has 8 heteroatoms. The Bertz CT molecular complexity index is 1130. The number of amides is 2. The molecule has 8 nitrogen and oxygen atoms in total.